The van der Waals surface area contributed by atoms with Gasteiger partial charge in [-0.3, -0.25) is 4.99 Å². The lowest BCUT2D eigenvalue weighted by molar-refractivity contribution is 0.567. The van der Waals surface area contributed by atoms with Gasteiger partial charge in [-0.05, 0) is 24.7 Å². The quantitative estimate of drug-likeness (QED) is 0.538. The first-order valence-electron chi connectivity index (χ1n) is 5.64. The summed E-state index contributed by atoms with van der Waals surface area (Å²) in [6, 6.07) is 0. The van der Waals surface area contributed by atoms with Gasteiger partial charge in [-0.15, -0.1) is 0 Å². The molecule has 1 aliphatic rings. The van der Waals surface area contributed by atoms with E-state index in [4.69, 9.17) is 4.99 Å². The molecule has 1 nitrogen and oxygen atoms in total. The van der Waals surface area contributed by atoms with E-state index in [1.165, 1.54) is 44.2 Å². The summed E-state index contributed by atoms with van der Waals surface area (Å²) in [6.45, 7) is 7.91. The van der Waals surface area contributed by atoms with Crippen molar-refractivity contribution in [3.63, 3.8) is 0 Å². The molecule has 0 fully saturated rings. The average Bonchev–Trinajstić information content (AvgIpc) is 2.14. The summed E-state index contributed by atoms with van der Waals surface area (Å²) >= 11 is 0. The molecule has 0 bridgehead atoms. The van der Waals surface area contributed by atoms with Crippen LogP contribution in [0.15, 0.2) is 4.99 Å². The van der Waals surface area contributed by atoms with Gasteiger partial charge in [0.15, 0.2) is 0 Å². The summed E-state index contributed by atoms with van der Waals surface area (Å²) in [5.41, 5.74) is 1.74. The lowest BCUT2D eigenvalue weighted by Crippen LogP contribution is -2.20. The van der Waals surface area contributed by atoms with Crippen molar-refractivity contribution in [2.45, 2.75) is 59.3 Å². The fourth-order valence-electron chi connectivity index (χ4n) is 1.84. The summed E-state index contributed by atoms with van der Waals surface area (Å²) in [5.74, 6) is 0. The maximum atomic E-state index is 4.73. The standard InChI is InChI=1S/C12H23N/c1-12(2,3)11-9-7-5-4-6-8-10-13-11/h4-10H2,1-3H3. The van der Waals surface area contributed by atoms with Gasteiger partial charge >= 0.3 is 0 Å². The third kappa shape index (κ3) is 3.93. The normalized spacial score (nSPS) is 21.3. The molecule has 0 amide bonds. The second-order valence-corrected chi connectivity index (χ2v) is 5.10. The molecule has 76 valence electrons. The molecule has 0 aromatic heterocycles. The van der Waals surface area contributed by atoms with Gasteiger partial charge < -0.3 is 0 Å². The van der Waals surface area contributed by atoms with E-state index >= 15 is 0 Å². The monoisotopic (exact) mass is 181 g/mol. The number of nitrogens with zero attached hydrogens (tertiary/aromatic N) is 1. The predicted octanol–water partition coefficient (Wildman–Crippen LogP) is 3.83. The van der Waals surface area contributed by atoms with Gasteiger partial charge in [0.25, 0.3) is 0 Å². The van der Waals surface area contributed by atoms with Crippen molar-refractivity contribution in [3.05, 3.63) is 0 Å². The maximum absolute atomic E-state index is 4.73. The molecule has 0 aromatic rings. The third-order valence-corrected chi connectivity index (χ3v) is 2.74. The minimum absolute atomic E-state index is 0.296. The van der Waals surface area contributed by atoms with Crippen LogP contribution in [0.25, 0.3) is 0 Å². The van der Waals surface area contributed by atoms with Crippen molar-refractivity contribution in [1.29, 1.82) is 0 Å². The fourth-order valence-corrected chi connectivity index (χ4v) is 1.84. The van der Waals surface area contributed by atoms with Gasteiger partial charge in [-0.1, -0.05) is 40.0 Å². The van der Waals surface area contributed by atoms with Crippen molar-refractivity contribution >= 4 is 5.71 Å². The highest BCUT2D eigenvalue weighted by Gasteiger charge is 2.18. The van der Waals surface area contributed by atoms with Crippen molar-refractivity contribution in [3.8, 4) is 0 Å². The Morgan fingerprint density at radius 2 is 1.54 bits per heavy atom. The van der Waals surface area contributed by atoms with E-state index in [1.54, 1.807) is 0 Å². The summed E-state index contributed by atoms with van der Waals surface area (Å²) in [4.78, 5) is 4.73. The molecule has 0 saturated carbocycles. The smallest absolute Gasteiger partial charge is 0.0388 e. The minimum Gasteiger partial charge on any atom is -0.294 e. The van der Waals surface area contributed by atoms with Crippen LogP contribution in [0.3, 0.4) is 0 Å². The van der Waals surface area contributed by atoms with E-state index in [9.17, 15) is 0 Å². The highest BCUT2D eigenvalue weighted by molar-refractivity contribution is 5.89. The molecule has 0 N–H and O–H groups in total. The highest BCUT2D eigenvalue weighted by Crippen LogP contribution is 2.22. The Morgan fingerprint density at radius 1 is 0.923 bits per heavy atom. The van der Waals surface area contributed by atoms with E-state index < -0.39 is 0 Å². The molecule has 0 atom stereocenters. The van der Waals surface area contributed by atoms with Crippen molar-refractivity contribution < 1.29 is 0 Å². The van der Waals surface area contributed by atoms with Crippen molar-refractivity contribution in [2.24, 2.45) is 10.4 Å². The Hall–Kier alpha value is -0.330. The SMILES string of the molecule is CC(C)(C)C1=NCCCCCCC1. The number of hydrogen-bond donors (Lipinski definition) is 0. The zero-order valence-corrected chi connectivity index (χ0v) is 9.40. The predicted molar refractivity (Wildman–Crippen MR) is 59.5 cm³/mol. The lowest BCUT2D eigenvalue weighted by Gasteiger charge is -2.21. The molecule has 0 spiro atoms. The first-order valence-corrected chi connectivity index (χ1v) is 5.64. The van der Waals surface area contributed by atoms with Crippen LogP contribution in [0.2, 0.25) is 0 Å². The van der Waals surface area contributed by atoms with Crippen molar-refractivity contribution in [2.75, 3.05) is 6.54 Å². The molecular weight excluding hydrogens is 158 g/mol. The van der Waals surface area contributed by atoms with E-state index in [1.807, 2.05) is 0 Å². The van der Waals surface area contributed by atoms with Crippen LogP contribution >= 0.6 is 0 Å². The number of hydrogen-bond acceptors (Lipinski definition) is 1. The maximum Gasteiger partial charge on any atom is 0.0388 e. The second-order valence-electron chi connectivity index (χ2n) is 5.10. The zero-order chi connectivity index (χ0) is 9.73. The van der Waals surface area contributed by atoms with Gasteiger partial charge in [0.05, 0.1) is 0 Å². The topological polar surface area (TPSA) is 12.4 Å². The number of aliphatic imine (C=N–C) groups is 1. The van der Waals surface area contributed by atoms with Crippen LogP contribution in [-0.2, 0) is 0 Å². The molecule has 1 heteroatoms. The Labute approximate surface area is 82.6 Å². The van der Waals surface area contributed by atoms with Crippen LogP contribution in [0.1, 0.15) is 59.3 Å². The van der Waals surface area contributed by atoms with E-state index in [-0.39, 0.29) is 0 Å². The number of rotatable bonds is 0. The molecular formula is C12H23N. The van der Waals surface area contributed by atoms with Crippen molar-refractivity contribution in [1.82, 2.24) is 0 Å². The molecule has 0 saturated heterocycles. The van der Waals surface area contributed by atoms with Gasteiger partial charge in [-0.25, -0.2) is 0 Å². The fraction of sp³-hybridized carbons (Fsp3) is 0.917. The van der Waals surface area contributed by atoms with Gasteiger partial charge in [0.2, 0.25) is 0 Å². The Morgan fingerprint density at radius 3 is 2.23 bits per heavy atom. The Balaban J connectivity index is 2.57. The van der Waals surface area contributed by atoms with Gasteiger partial charge in [0, 0.05) is 12.3 Å². The first-order chi connectivity index (χ1) is 6.11. The minimum atomic E-state index is 0.296. The molecule has 1 heterocycles. The van der Waals surface area contributed by atoms with Crippen LogP contribution < -0.4 is 0 Å². The highest BCUT2D eigenvalue weighted by atomic mass is 14.7. The first kappa shape index (κ1) is 10.7. The largest absolute Gasteiger partial charge is 0.294 e. The summed E-state index contributed by atoms with van der Waals surface area (Å²) < 4.78 is 0. The second kappa shape index (κ2) is 4.78. The van der Waals surface area contributed by atoms with Crippen LogP contribution in [0.4, 0.5) is 0 Å². The lowest BCUT2D eigenvalue weighted by atomic mass is 9.87. The Bertz CT molecular complexity index is 174. The molecule has 1 rings (SSSR count). The van der Waals surface area contributed by atoms with Gasteiger partial charge in [0.1, 0.15) is 0 Å². The summed E-state index contributed by atoms with van der Waals surface area (Å²) in [5, 5.41) is 0. The molecule has 1 aliphatic heterocycles. The molecule has 0 aliphatic carbocycles. The molecule has 0 aromatic carbocycles. The molecule has 0 radical (unpaired) electrons. The van der Waals surface area contributed by atoms with Gasteiger partial charge in [-0.2, -0.15) is 0 Å². The van der Waals surface area contributed by atoms with Crippen LogP contribution in [0.5, 0.6) is 0 Å². The van der Waals surface area contributed by atoms with E-state index in [2.05, 4.69) is 20.8 Å². The Kier molecular flexibility index (Phi) is 3.95. The summed E-state index contributed by atoms with van der Waals surface area (Å²) in [7, 11) is 0. The van der Waals surface area contributed by atoms with Crippen LogP contribution in [-0.4, -0.2) is 12.3 Å². The third-order valence-electron chi connectivity index (χ3n) is 2.74. The summed E-state index contributed by atoms with van der Waals surface area (Å²) in [6.07, 6.45) is 8.04. The van der Waals surface area contributed by atoms with E-state index in [0.29, 0.717) is 5.41 Å². The van der Waals surface area contributed by atoms with E-state index in [0.717, 1.165) is 6.54 Å². The average molecular weight is 181 g/mol. The molecule has 13 heavy (non-hydrogen) atoms. The zero-order valence-electron chi connectivity index (χ0n) is 9.40. The van der Waals surface area contributed by atoms with Crippen LogP contribution in [0, 0.1) is 5.41 Å². The molecule has 0 unspecified atom stereocenters.